The van der Waals surface area contributed by atoms with Crippen LogP contribution in [0.1, 0.15) is 0 Å². The molecule has 0 unspecified atom stereocenters. The number of benzene rings is 1. The third-order valence-electron chi connectivity index (χ3n) is 2.52. The summed E-state index contributed by atoms with van der Waals surface area (Å²) in [7, 11) is 2.07. The van der Waals surface area contributed by atoms with Crippen molar-refractivity contribution in [3.05, 3.63) is 36.5 Å². The standard InChI is InChI=1S/C11H10N2/c1-13-7-6-10-11(13)8-4-2-3-5-9(8)12-10/h2-7,12H,1H3. The Hall–Kier alpha value is -1.70. The number of nitrogens with zero attached hydrogens (tertiary/aromatic N) is 1. The number of nitrogens with one attached hydrogen (secondary N) is 1. The van der Waals surface area contributed by atoms with E-state index in [1.165, 1.54) is 21.9 Å². The second-order valence-corrected chi connectivity index (χ2v) is 3.36. The van der Waals surface area contributed by atoms with Gasteiger partial charge in [0.05, 0.1) is 11.0 Å². The number of aromatic amines is 1. The van der Waals surface area contributed by atoms with Crippen molar-refractivity contribution in [1.82, 2.24) is 9.55 Å². The van der Waals surface area contributed by atoms with Gasteiger partial charge in [0.15, 0.2) is 0 Å². The van der Waals surface area contributed by atoms with Crippen molar-refractivity contribution < 1.29 is 0 Å². The van der Waals surface area contributed by atoms with E-state index in [9.17, 15) is 0 Å². The largest absolute Gasteiger partial charge is 0.353 e. The van der Waals surface area contributed by atoms with Gasteiger partial charge in [0.25, 0.3) is 0 Å². The zero-order valence-electron chi connectivity index (χ0n) is 7.41. The monoisotopic (exact) mass is 170 g/mol. The number of rotatable bonds is 0. The molecule has 2 heteroatoms. The highest BCUT2D eigenvalue weighted by atomic mass is 14.9. The maximum atomic E-state index is 3.38. The molecule has 2 nitrogen and oxygen atoms in total. The molecule has 13 heavy (non-hydrogen) atoms. The van der Waals surface area contributed by atoms with Crippen molar-refractivity contribution in [3.8, 4) is 0 Å². The van der Waals surface area contributed by atoms with Crippen molar-refractivity contribution >= 4 is 21.9 Å². The lowest BCUT2D eigenvalue weighted by Gasteiger charge is -1.92. The molecule has 0 radical (unpaired) electrons. The van der Waals surface area contributed by atoms with Crippen molar-refractivity contribution in [2.75, 3.05) is 0 Å². The van der Waals surface area contributed by atoms with E-state index in [0.717, 1.165) is 0 Å². The minimum Gasteiger partial charge on any atom is -0.353 e. The number of hydrogen-bond donors (Lipinski definition) is 1. The third-order valence-corrected chi connectivity index (χ3v) is 2.52. The van der Waals surface area contributed by atoms with Crippen molar-refractivity contribution in [3.63, 3.8) is 0 Å². The first kappa shape index (κ1) is 6.78. The molecule has 64 valence electrons. The van der Waals surface area contributed by atoms with Crippen molar-refractivity contribution in [2.45, 2.75) is 0 Å². The molecule has 0 aliphatic rings. The molecule has 2 heterocycles. The molecule has 0 amide bonds. The van der Waals surface area contributed by atoms with Crippen LogP contribution in [0.25, 0.3) is 21.9 Å². The van der Waals surface area contributed by atoms with E-state index in [-0.39, 0.29) is 0 Å². The molecule has 0 atom stereocenters. The predicted molar refractivity (Wildman–Crippen MR) is 54.8 cm³/mol. The molecule has 1 N–H and O–H groups in total. The van der Waals surface area contributed by atoms with Gasteiger partial charge >= 0.3 is 0 Å². The molecular formula is C11H10N2. The Morgan fingerprint density at radius 2 is 1.92 bits per heavy atom. The summed E-state index contributed by atoms with van der Waals surface area (Å²) in [4.78, 5) is 3.38. The zero-order chi connectivity index (χ0) is 8.84. The van der Waals surface area contributed by atoms with Crippen LogP contribution in [0, 0.1) is 0 Å². The van der Waals surface area contributed by atoms with Crippen LogP contribution in [0.3, 0.4) is 0 Å². The summed E-state index contributed by atoms with van der Waals surface area (Å²) in [5, 5.41) is 1.30. The molecule has 0 saturated carbocycles. The topological polar surface area (TPSA) is 20.7 Å². The van der Waals surface area contributed by atoms with Crippen molar-refractivity contribution in [1.29, 1.82) is 0 Å². The van der Waals surface area contributed by atoms with Gasteiger partial charge in [-0.25, -0.2) is 0 Å². The lowest BCUT2D eigenvalue weighted by Crippen LogP contribution is -1.81. The first-order chi connectivity index (χ1) is 6.36. The quantitative estimate of drug-likeness (QED) is 0.535. The average molecular weight is 170 g/mol. The van der Waals surface area contributed by atoms with Crippen LogP contribution in [-0.2, 0) is 7.05 Å². The van der Waals surface area contributed by atoms with Crippen LogP contribution in [0.4, 0.5) is 0 Å². The van der Waals surface area contributed by atoms with E-state index in [0.29, 0.717) is 0 Å². The van der Waals surface area contributed by atoms with Gasteiger partial charge in [0.2, 0.25) is 0 Å². The molecule has 0 aliphatic carbocycles. The lowest BCUT2D eigenvalue weighted by molar-refractivity contribution is 0.973. The molecular weight excluding hydrogens is 160 g/mol. The first-order valence-electron chi connectivity index (χ1n) is 4.38. The molecule has 3 rings (SSSR count). The fourth-order valence-corrected chi connectivity index (χ4v) is 1.91. The Bertz CT molecular complexity index is 572. The Kier molecular flexibility index (Phi) is 1.13. The fraction of sp³-hybridized carbons (Fsp3) is 0.0909. The minimum atomic E-state index is 1.21. The highest BCUT2D eigenvalue weighted by Gasteiger charge is 2.04. The SMILES string of the molecule is Cn1ccc2[nH]c3ccccc3c21. The van der Waals surface area contributed by atoms with Gasteiger partial charge in [-0.1, -0.05) is 18.2 Å². The van der Waals surface area contributed by atoms with Gasteiger partial charge < -0.3 is 9.55 Å². The van der Waals surface area contributed by atoms with E-state index in [2.05, 4.69) is 53.1 Å². The number of H-pyrrole nitrogens is 1. The summed E-state index contributed by atoms with van der Waals surface area (Å²) in [5.41, 5.74) is 3.71. The smallest absolute Gasteiger partial charge is 0.0737 e. The van der Waals surface area contributed by atoms with Gasteiger partial charge in [0.1, 0.15) is 0 Å². The molecule has 0 bridgehead atoms. The highest BCUT2D eigenvalue weighted by Crippen LogP contribution is 2.24. The fourth-order valence-electron chi connectivity index (χ4n) is 1.91. The maximum Gasteiger partial charge on any atom is 0.0737 e. The maximum absolute atomic E-state index is 3.38. The van der Waals surface area contributed by atoms with Gasteiger partial charge in [-0.2, -0.15) is 0 Å². The summed E-state index contributed by atoms with van der Waals surface area (Å²) >= 11 is 0. The second-order valence-electron chi connectivity index (χ2n) is 3.36. The summed E-state index contributed by atoms with van der Waals surface area (Å²) in [5.74, 6) is 0. The predicted octanol–water partition coefficient (Wildman–Crippen LogP) is 2.66. The van der Waals surface area contributed by atoms with Crippen LogP contribution < -0.4 is 0 Å². The molecule has 0 fully saturated rings. The third kappa shape index (κ3) is 0.773. The van der Waals surface area contributed by atoms with E-state index < -0.39 is 0 Å². The van der Waals surface area contributed by atoms with E-state index in [4.69, 9.17) is 0 Å². The van der Waals surface area contributed by atoms with Gasteiger partial charge in [0, 0.05) is 24.1 Å². The summed E-state index contributed by atoms with van der Waals surface area (Å²) in [6.45, 7) is 0. The molecule has 3 aromatic rings. The number of aryl methyl sites for hydroxylation is 1. The second kappa shape index (κ2) is 2.16. The van der Waals surface area contributed by atoms with Gasteiger partial charge in [-0.15, -0.1) is 0 Å². The van der Waals surface area contributed by atoms with Crippen LogP contribution in [0.2, 0.25) is 0 Å². The van der Waals surface area contributed by atoms with Gasteiger partial charge in [-0.3, -0.25) is 0 Å². The molecule has 2 aromatic heterocycles. The molecule has 0 spiro atoms. The number of aromatic nitrogens is 2. The lowest BCUT2D eigenvalue weighted by atomic mass is 10.2. The Morgan fingerprint density at radius 1 is 1.08 bits per heavy atom. The summed E-state index contributed by atoms with van der Waals surface area (Å²) in [6, 6.07) is 10.5. The first-order valence-corrected chi connectivity index (χ1v) is 4.38. The van der Waals surface area contributed by atoms with Crippen LogP contribution in [0.5, 0.6) is 0 Å². The highest BCUT2D eigenvalue weighted by molar-refractivity contribution is 6.05. The van der Waals surface area contributed by atoms with Crippen LogP contribution >= 0.6 is 0 Å². The van der Waals surface area contributed by atoms with Crippen LogP contribution in [0.15, 0.2) is 36.5 Å². The number of hydrogen-bond acceptors (Lipinski definition) is 0. The number of fused-ring (bicyclic) bond motifs is 3. The number of para-hydroxylation sites is 1. The normalized spacial score (nSPS) is 11.5. The van der Waals surface area contributed by atoms with Crippen molar-refractivity contribution in [2.24, 2.45) is 7.05 Å². The zero-order valence-corrected chi connectivity index (χ0v) is 7.41. The summed E-state index contributed by atoms with van der Waals surface area (Å²) < 4.78 is 2.15. The van der Waals surface area contributed by atoms with E-state index in [1.807, 2.05) is 0 Å². The van der Waals surface area contributed by atoms with E-state index in [1.54, 1.807) is 0 Å². The average Bonchev–Trinajstić information content (AvgIpc) is 2.66. The van der Waals surface area contributed by atoms with E-state index >= 15 is 0 Å². The molecule has 1 aromatic carbocycles. The van der Waals surface area contributed by atoms with Gasteiger partial charge in [-0.05, 0) is 12.1 Å². The molecule has 0 aliphatic heterocycles. The Labute approximate surface area is 75.8 Å². The summed E-state index contributed by atoms with van der Waals surface area (Å²) in [6.07, 6.45) is 2.08. The molecule has 0 saturated heterocycles. The Morgan fingerprint density at radius 3 is 2.85 bits per heavy atom. The van der Waals surface area contributed by atoms with Crippen LogP contribution in [-0.4, -0.2) is 9.55 Å². The minimum absolute atomic E-state index is 1.21. The Balaban J connectivity index is 2.66.